The Balaban J connectivity index is 2.73. The zero-order chi connectivity index (χ0) is 15.0. The standard InChI is InChI=1S/C15H23NO4/c1-12(11-18-2)20-10-9-15(16,14(17)19-3)13-7-5-4-6-8-13/h4-8,12H,9-11,16H2,1-3H3. The molecule has 0 saturated heterocycles. The number of benzene rings is 1. The molecule has 2 atom stereocenters. The Bertz CT molecular complexity index is 410. The van der Waals surface area contributed by atoms with Crippen molar-refractivity contribution in [3.05, 3.63) is 35.9 Å². The van der Waals surface area contributed by atoms with Gasteiger partial charge in [-0.1, -0.05) is 30.3 Å². The van der Waals surface area contributed by atoms with Crippen LogP contribution in [-0.2, 0) is 24.5 Å². The molecule has 20 heavy (non-hydrogen) atoms. The third-order valence-corrected chi connectivity index (χ3v) is 3.14. The monoisotopic (exact) mass is 281 g/mol. The zero-order valence-corrected chi connectivity index (χ0v) is 12.3. The number of rotatable bonds is 8. The van der Waals surface area contributed by atoms with Crippen molar-refractivity contribution in [1.29, 1.82) is 0 Å². The van der Waals surface area contributed by atoms with Crippen molar-refractivity contribution >= 4 is 5.97 Å². The number of carbonyl (C=O) groups excluding carboxylic acids is 1. The summed E-state index contributed by atoms with van der Waals surface area (Å²) >= 11 is 0. The van der Waals surface area contributed by atoms with Crippen LogP contribution in [0.3, 0.4) is 0 Å². The highest BCUT2D eigenvalue weighted by Gasteiger charge is 2.36. The second-order valence-corrected chi connectivity index (χ2v) is 4.72. The van der Waals surface area contributed by atoms with E-state index < -0.39 is 11.5 Å². The number of methoxy groups -OCH3 is 2. The molecule has 2 N–H and O–H groups in total. The van der Waals surface area contributed by atoms with Gasteiger partial charge in [-0.2, -0.15) is 0 Å². The molecule has 0 saturated carbocycles. The van der Waals surface area contributed by atoms with Crippen LogP contribution in [0.4, 0.5) is 0 Å². The van der Waals surface area contributed by atoms with Gasteiger partial charge in [0.15, 0.2) is 0 Å². The molecule has 0 aliphatic heterocycles. The molecule has 0 aliphatic rings. The van der Waals surface area contributed by atoms with Gasteiger partial charge in [0.05, 0.1) is 19.8 Å². The minimum absolute atomic E-state index is 0.0438. The molecular weight excluding hydrogens is 258 g/mol. The van der Waals surface area contributed by atoms with Gasteiger partial charge in [-0.15, -0.1) is 0 Å². The molecule has 0 bridgehead atoms. The van der Waals surface area contributed by atoms with Crippen molar-refractivity contribution in [2.45, 2.75) is 25.0 Å². The van der Waals surface area contributed by atoms with Gasteiger partial charge < -0.3 is 19.9 Å². The summed E-state index contributed by atoms with van der Waals surface area (Å²) in [5, 5.41) is 0. The predicted octanol–water partition coefficient (Wildman–Crippen LogP) is 1.46. The summed E-state index contributed by atoms with van der Waals surface area (Å²) in [4.78, 5) is 12.0. The topological polar surface area (TPSA) is 70.8 Å². The summed E-state index contributed by atoms with van der Waals surface area (Å²) in [6, 6.07) is 9.19. The number of hydrogen-bond acceptors (Lipinski definition) is 5. The van der Waals surface area contributed by atoms with Crippen LogP contribution in [0.25, 0.3) is 0 Å². The lowest BCUT2D eigenvalue weighted by Gasteiger charge is -2.27. The Hall–Kier alpha value is -1.43. The molecular formula is C15H23NO4. The lowest BCUT2D eigenvalue weighted by atomic mass is 9.88. The van der Waals surface area contributed by atoms with Crippen molar-refractivity contribution in [3.63, 3.8) is 0 Å². The van der Waals surface area contributed by atoms with Crippen molar-refractivity contribution in [3.8, 4) is 0 Å². The van der Waals surface area contributed by atoms with Gasteiger partial charge in [0.1, 0.15) is 5.54 Å². The molecule has 5 heteroatoms. The molecule has 0 heterocycles. The van der Waals surface area contributed by atoms with Crippen molar-refractivity contribution < 1.29 is 19.0 Å². The molecule has 5 nitrogen and oxygen atoms in total. The second kappa shape index (κ2) is 7.99. The summed E-state index contributed by atoms with van der Waals surface area (Å²) < 4.78 is 15.4. The highest BCUT2D eigenvalue weighted by molar-refractivity contribution is 5.82. The van der Waals surface area contributed by atoms with Crippen LogP contribution in [0.5, 0.6) is 0 Å². The molecule has 1 aromatic carbocycles. The minimum Gasteiger partial charge on any atom is -0.467 e. The van der Waals surface area contributed by atoms with E-state index in [4.69, 9.17) is 19.9 Å². The van der Waals surface area contributed by atoms with Crippen LogP contribution in [-0.4, -0.2) is 39.5 Å². The molecule has 0 amide bonds. The van der Waals surface area contributed by atoms with Gasteiger partial charge in [0.25, 0.3) is 0 Å². The Kier molecular flexibility index (Phi) is 6.64. The van der Waals surface area contributed by atoms with Crippen LogP contribution in [0.2, 0.25) is 0 Å². The average molecular weight is 281 g/mol. The fourth-order valence-electron chi connectivity index (χ4n) is 1.99. The van der Waals surface area contributed by atoms with E-state index in [1.165, 1.54) is 7.11 Å². The van der Waals surface area contributed by atoms with Crippen molar-refractivity contribution in [2.75, 3.05) is 27.4 Å². The van der Waals surface area contributed by atoms with Crippen LogP contribution in [0.15, 0.2) is 30.3 Å². The molecule has 2 unspecified atom stereocenters. The average Bonchev–Trinajstić information content (AvgIpc) is 2.47. The molecule has 112 valence electrons. The molecule has 0 aromatic heterocycles. The first-order chi connectivity index (χ1) is 9.54. The Morgan fingerprint density at radius 1 is 1.30 bits per heavy atom. The normalized spacial score (nSPS) is 15.4. The lowest BCUT2D eigenvalue weighted by molar-refractivity contribution is -0.148. The Morgan fingerprint density at radius 3 is 2.50 bits per heavy atom. The minimum atomic E-state index is -1.19. The fraction of sp³-hybridized carbons (Fsp3) is 0.533. The van der Waals surface area contributed by atoms with E-state index in [1.807, 2.05) is 37.3 Å². The molecule has 1 rings (SSSR count). The number of carbonyl (C=O) groups is 1. The van der Waals surface area contributed by atoms with E-state index in [2.05, 4.69) is 0 Å². The molecule has 0 fully saturated rings. The second-order valence-electron chi connectivity index (χ2n) is 4.72. The van der Waals surface area contributed by atoms with Crippen molar-refractivity contribution in [1.82, 2.24) is 0 Å². The number of nitrogens with two attached hydrogens (primary N) is 1. The molecule has 0 aliphatic carbocycles. The maximum Gasteiger partial charge on any atom is 0.330 e. The summed E-state index contributed by atoms with van der Waals surface area (Å²) in [6.07, 6.45) is 0.301. The van der Waals surface area contributed by atoms with Gasteiger partial charge in [0, 0.05) is 20.1 Å². The van der Waals surface area contributed by atoms with E-state index in [9.17, 15) is 4.79 Å². The number of esters is 1. The third-order valence-electron chi connectivity index (χ3n) is 3.14. The van der Waals surface area contributed by atoms with Gasteiger partial charge in [-0.25, -0.2) is 4.79 Å². The quantitative estimate of drug-likeness (QED) is 0.730. The van der Waals surface area contributed by atoms with E-state index in [0.717, 1.165) is 5.56 Å². The first-order valence-electron chi connectivity index (χ1n) is 6.58. The molecule has 0 spiro atoms. The Labute approximate surface area is 120 Å². The zero-order valence-electron chi connectivity index (χ0n) is 12.3. The summed E-state index contributed by atoms with van der Waals surface area (Å²) in [6.45, 7) is 2.76. The van der Waals surface area contributed by atoms with Crippen LogP contribution in [0, 0.1) is 0 Å². The highest BCUT2D eigenvalue weighted by Crippen LogP contribution is 2.24. The van der Waals surface area contributed by atoms with Crippen LogP contribution < -0.4 is 5.73 Å². The van der Waals surface area contributed by atoms with Crippen LogP contribution >= 0.6 is 0 Å². The van der Waals surface area contributed by atoms with Gasteiger partial charge >= 0.3 is 5.97 Å². The summed E-state index contributed by atoms with van der Waals surface area (Å²) in [5.74, 6) is -0.466. The maximum atomic E-state index is 12.0. The predicted molar refractivity (Wildman–Crippen MR) is 76.2 cm³/mol. The maximum absolute atomic E-state index is 12.0. The lowest BCUT2D eigenvalue weighted by Crippen LogP contribution is -2.46. The largest absolute Gasteiger partial charge is 0.467 e. The highest BCUT2D eigenvalue weighted by atomic mass is 16.5. The number of hydrogen-bond donors (Lipinski definition) is 1. The van der Waals surface area contributed by atoms with Gasteiger partial charge in [-0.05, 0) is 12.5 Å². The molecule has 1 aromatic rings. The molecule has 0 radical (unpaired) electrons. The van der Waals surface area contributed by atoms with E-state index in [1.54, 1.807) is 7.11 Å². The van der Waals surface area contributed by atoms with E-state index >= 15 is 0 Å². The fourth-order valence-corrected chi connectivity index (χ4v) is 1.99. The first kappa shape index (κ1) is 16.6. The van der Waals surface area contributed by atoms with Crippen molar-refractivity contribution in [2.24, 2.45) is 5.73 Å². The smallest absolute Gasteiger partial charge is 0.330 e. The number of ether oxygens (including phenoxy) is 3. The summed E-state index contributed by atoms with van der Waals surface area (Å²) in [7, 11) is 2.95. The first-order valence-corrected chi connectivity index (χ1v) is 6.58. The van der Waals surface area contributed by atoms with E-state index in [-0.39, 0.29) is 6.10 Å². The summed E-state index contributed by atoms with van der Waals surface area (Å²) in [5.41, 5.74) is 5.77. The van der Waals surface area contributed by atoms with Gasteiger partial charge in [-0.3, -0.25) is 0 Å². The Morgan fingerprint density at radius 2 is 1.95 bits per heavy atom. The van der Waals surface area contributed by atoms with Crippen LogP contribution in [0.1, 0.15) is 18.9 Å². The SMILES string of the molecule is COCC(C)OCCC(N)(C(=O)OC)c1ccccc1. The van der Waals surface area contributed by atoms with E-state index in [0.29, 0.717) is 19.6 Å². The third kappa shape index (κ3) is 4.30. The van der Waals surface area contributed by atoms with Gasteiger partial charge in [0.2, 0.25) is 0 Å².